The number of amides is 1. The second kappa shape index (κ2) is 8.64. The number of hydrogen-bond acceptors (Lipinski definition) is 5. The molecule has 0 bridgehead atoms. The van der Waals surface area contributed by atoms with Gasteiger partial charge in [0.25, 0.3) is 0 Å². The highest BCUT2D eigenvalue weighted by molar-refractivity contribution is 6.29. The molecule has 1 aliphatic heterocycles. The average Bonchev–Trinajstić information content (AvgIpc) is 3.12. The van der Waals surface area contributed by atoms with Crippen LogP contribution in [0.15, 0.2) is 48.9 Å². The molecule has 0 radical (unpaired) electrons. The van der Waals surface area contributed by atoms with E-state index < -0.39 is 5.82 Å². The van der Waals surface area contributed by atoms with Gasteiger partial charge in [0, 0.05) is 37.1 Å². The normalized spacial score (nSPS) is 13.3. The van der Waals surface area contributed by atoms with Crippen LogP contribution in [0.1, 0.15) is 18.4 Å². The van der Waals surface area contributed by atoms with Gasteiger partial charge in [-0.05, 0) is 49.2 Å². The van der Waals surface area contributed by atoms with Crippen molar-refractivity contribution in [3.8, 4) is 11.3 Å². The van der Waals surface area contributed by atoms with Crippen LogP contribution in [0.3, 0.4) is 0 Å². The van der Waals surface area contributed by atoms with Gasteiger partial charge in [-0.2, -0.15) is 0 Å². The molecule has 4 heterocycles. The van der Waals surface area contributed by atoms with E-state index in [0.717, 1.165) is 29.8 Å². The highest BCUT2D eigenvalue weighted by Gasteiger charge is 2.22. The van der Waals surface area contributed by atoms with E-state index in [2.05, 4.69) is 20.2 Å². The van der Waals surface area contributed by atoms with E-state index >= 15 is 0 Å². The molecule has 138 valence electrons. The maximum absolute atomic E-state index is 12.4. The fourth-order valence-corrected chi connectivity index (χ4v) is 2.66. The van der Waals surface area contributed by atoms with Crippen molar-refractivity contribution < 1.29 is 9.18 Å². The van der Waals surface area contributed by atoms with E-state index in [1.807, 2.05) is 24.3 Å². The minimum atomic E-state index is -0.461. The van der Waals surface area contributed by atoms with E-state index in [1.165, 1.54) is 12.3 Å². The van der Waals surface area contributed by atoms with Gasteiger partial charge in [-0.15, -0.1) is 10.2 Å². The van der Waals surface area contributed by atoms with Crippen molar-refractivity contribution >= 4 is 23.3 Å². The van der Waals surface area contributed by atoms with Crippen LogP contribution in [0.4, 0.5) is 10.2 Å². The van der Waals surface area contributed by atoms with Crippen molar-refractivity contribution in [2.45, 2.75) is 19.8 Å². The van der Waals surface area contributed by atoms with Gasteiger partial charge < -0.3 is 0 Å². The highest BCUT2D eigenvalue weighted by atomic mass is 35.5. The molecule has 3 aromatic heterocycles. The van der Waals surface area contributed by atoms with Crippen molar-refractivity contribution in [1.82, 2.24) is 20.2 Å². The predicted octanol–water partition coefficient (Wildman–Crippen LogP) is 3.85. The molecule has 0 spiro atoms. The summed E-state index contributed by atoms with van der Waals surface area (Å²) in [5.41, 5.74) is 2.53. The lowest BCUT2D eigenvalue weighted by Gasteiger charge is -2.13. The molecule has 1 fully saturated rings. The van der Waals surface area contributed by atoms with Crippen LogP contribution in [-0.2, 0) is 4.79 Å². The Hall–Kier alpha value is -2.93. The van der Waals surface area contributed by atoms with Crippen molar-refractivity contribution in [2.75, 3.05) is 11.4 Å². The molecule has 0 aromatic carbocycles. The molecule has 0 atom stereocenters. The van der Waals surface area contributed by atoms with Crippen LogP contribution < -0.4 is 4.90 Å². The number of aromatic nitrogens is 4. The number of anilines is 1. The van der Waals surface area contributed by atoms with E-state index in [0.29, 0.717) is 12.2 Å². The number of hydrogen-bond donors (Lipinski definition) is 0. The molecule has 1 aliphatic rings. The van der Waals surface area contributed by atoms with Gasteiger partial charge in [0.15, 0.2) is 16.8 Å². The van der Waals surface area contributed by atoms with Crippen molar-refractivity contribution in [3.63, 3.8) is 0 Å². The SMILES string of the molecule is Cc1cnc(Cl)c(F)c1.O=C1CCCN1c1ccc(-c2ccncc2)nn1. The quantitative estimate of drug-likeness (QED) is 0.626. The van der Waals surface area contributed by atoms with Gasteiger partial charge in [0.05, 0.1) is 5.69 Å². The summed E-state index contributed by atoms with van der Waals surface area (Å²) < 4.78 is 12.4. The molecular formula is C19H17ClFN5O. The zero-order valence-electron chi connectivity index (χ0n) is 14.6. The van der Waals surface area contributed by atoms with Gasteiger partial charge in [-0.1, -0.05) is 11.6 Å². The molecule has 0 aliphatic carbocycles. The number of nitrogens with zero attached hydrogens (tertiary/aromatic N) is 5. The fraction of sp³-hybridized carbons (Fsp3) is 0.211. The first-order chi connectivity index (χ1) is 13.0. The Balaban J connectivity index is 0.000000197. The van der Waals surface area contributed by atoms with Gasteiger partial charge >= 0.3 is 0 Å². The molecule has 27 heavy (non-hydrogen) atoms. The lowest BCUT2D eigenvalue weighted by molar-refractivity contribution is -0.117. The van der Waals surface area contributed by atoms with E-state index in [9.17, 15) is 9.18 Å². The monoisotopic (exact) mass is 385 g/mol. The summed E-state index contributed by atoms with van der Waals surface area (Å²) in [4.78, 5) is 20.8. The van der Waals surface area contributed by atoms with Crippen molar-refractivity contribution in [2.24, 2.45) is 0 Å². The average molecular weight is 386 g/mol. The van der Waals surface area contributed by atoms with Gasteiger partial charge in [-0.25, -0.2) is 9.37 Å². The lowest BCUT2D eigenvalue weighted by atomic mass is 10.2. The maximum atomic E-state index is 12.4. The van der Waals surface area contributed by atoms with Crippen molar-refractivity contribution in [3.05, 3.63) is 65.5 Å². The number of aryl methyl sites for hydroxylation is 1. The molecule has 6 nitrogen and oxygen atoms in total. The first-order valence-electron chi connectivity index (χ1n) is 8.37. The summed E-state index contributed by atoms with van der Waals surface area (Å²) >= 11 is 5.29. The van der Waals surface area contributed by atoms with Crippen LogP contribution in [-0.4, -0.2) is 32.6 Å². The van der Waals surface area contributed by atoms with Gasteiger partial charge in [-0.3, -0.25) is 14.7 Å². The second-order valence-electron chi connectivity index (χ2n) is 5.95. The molecule has 4 rings (SSSR count). The minimum absolute atomic E-state index is 0.0689. The van der Waals surface area contributed by atoms with Gasteiger partial charge in [0.2, 0.25) is 5.91 Å². The minimum Gasteiger partial charge on any atom is -0.295 e. The van der Waals surface area contributed by atoms with E-state index in [4.69, 9.17) is 11.6 Å². The number of carbonyl (C=O) groups excluding carboxylic acids is 1. The Labute approximate surface area is 161 Å². The molecule has 1 amide bonds. The second-order valence-corrected chi connectivity index (χ2v) is 6.30. The zero-order chi connectivity index (χ0) is 19.2. The third kappa shape index (κ3) is 4.83. The molecule has 3 aromatic rings. The molecule has 0 N–H and O–H groups in total. The van der Waals surface area contributed by atoms with E-state index in [-0.39, 0.29) is 11.1 Å². The standard InChI is InChI=1S/C13H12N4O.C6H5ClFN/c18-13-2-1-9-17(13)12-4-3-11(15-16-12)10-5-7-14-8-6-10;1-4-2-5(8)6(7)9-3-4/h3-8H,1-2,9H2;2-3H,1H3. The molecule has 1 saturated heterocycles. The Morgan fingerprint density at radius 3 is 2.48 bits per heavy atom. The van der Waals surface area contributed by atoms with Crippen LogP contribution in [0, 0.1) is 12.7 Å². The lowest BCUT2D eigenvalue weighted by Crippen LogP contribution is -2.24. The third-order valence-electron chi connectivity index (χ3n) is 3.91. The largest absolute Gasteiger partial charge is 0.295 e. The maximum Gasteiger partial charge on any atom is 0.228 e. The summed E-state index contributed by atoms with van der Waals surface area (Å²) in [6.45, 7) is 2.49. The van der Waals surface area contributed by atoms with Crippen molar-refractivity contribution in [1.29, 1.82) is 0 Å². The molecule has 0 saturated carbocycles. The van der Waals surface area contributed by atoms with Crippen LogP contribution >= 0.6 is 11.6 Å². The topological polar surface area (TPSA) is 71.9 Å². The summed E-state index contributed by atoms with van der Waals surface area (Å²) in [7, 11) is 0. The fourth-order valence-electron chi connectivity index (χ4n) is 2.55. The Kier molecular flexibility index (Phi) is 6.03. The Morgan fingerprint density at radius 2 is 1.93 bits per heavy atom. The first-order valence-corrected chi connectivity index (χ1v) is 8.74. The third-order valence-corrected chi connectivity index (χ3v) is 4.19. The van der Waals surface area contributed by atoms with Gasteiger partial charge in [0.1, 0.15) is 0 Å². The smallest absolute Gasteiger partial charge is 0.228 e. The Bertz CT molecular complexity index is 921. The predicted molar refractivity (Wildman–Crippen MR) is 101 cm³/mol. The zero-order valence-corrected chi connectivity index (χ0v) is 15.4. The molecular weight excluding hydrogens is 369 g/mol. The number of pyridine rings is 2. The highest BCUT2D eigenvalue weighted by Crippen LogP contribution is 2.21. The van der Waals surface area contributed by atoms with E-state index in [1.54, 1.807) is 24.2 Å². The summed E-state index contributed by atoms with van der Waals surface area (Å²) in [5.74, 6) is 0.299. The molecule has 0 unspecified atom stereocenters. The number of carbonyl (C=O) groups is 1. The van der Waals surface area contributed by atoms with Crippen LogP contribution in [0.5, 0.6) is 0 Å². The summed E-state index contributed by atoms with van der Waals surface area (Å²) in [6, 6.07) is 8.82. The molecule has 8 heteroatoms. The number of halogens is 2. The summed E-state index contributed by atoms with van der Waals surface area (Å²) in [6.07, 6.45) is 6.45. The van der Waals surface area contributed by atoms with Crippen LogP contribution in [0.2, 0.25) is 5.15 Å². The number of rotatable bonds is 2. The summed E-state index contributed by atoms with van der Waals surface area (Å²) in [5, 5.41) is 8.21. The Morgan fingerprint density at radius 1 is 1.15 bits per heavy atom. The first kappa shape index (κ1) is 18.8. The van der Waals surface area contributed by atoms with Crippen LogP contribution in [0.25, 0.3) is 11.3 Å².